The van der Waals surface area contributed by atoms with Crippen molar-refractivity contribution in [3.05, 3.63) is 53.2 Å². The second-order valence-electron chi connectivity index (χ2n) is 5.51. The van der Waals surface area contributed by atoms with E-state index >= 15 is 0 Å². The molecule has 0 bridgehead atoms. The molecule has 1 aliphatic heterocycles. The van der Waals surface area contributed by atoms with Crippen molar-refractivity contribution in [1.82, 2.24) is 10.6 Å². The summed E-state index contributed by atoms with van der Waals surface area (Å²) in [7, 11) is 0. The van der Waals surface area contributed by atoms with Gasteiger partial charge in [-0.2, -0.15) is 0 Å². The van der Waals surface area contributed by atoms with Crippen LogP contribution in [0.4, 0.5) is 4.79 Å². The molecule has 0 unspecified atom stereocenters. The molecule has 3 N–H and O–H groups in total. The Morgan fingerprint density at radius 3 is 2.75 bits per heavy atom. The first-order chi connectivity index (χ1) is 11.5. The molecule has 0 aliphatic carbocycles. The number of ether oxygens (including phenoxy) is 1. The predicted octanol–water partition coefficient (Wildman–Crippen LogP) is 2.74. The van der Waals surface area contributed by atoms with Gasteiger partial charge in [-0.1, -0.05) is 30.3 Å². The summed E-state index contributed by atoms with van der Waals surface area (Å²) < 4.78 is 5.12. The smallest absolute Gasteiger partial charge is 0.338 e. The Balaban J connectivity index is 2.22. The van der Waals surface area contributed by atoms with Gasteiger partial charge in [0.25, 0.3) is 0 Å². The van der Waals surface area contributed by atoms with E-state index in [4.69, 9.17) is 4.74 Å². The molecule has 124 valence electrons. The van der Waals surface area contributed by atoms with Crippen LogP contribution in [0.15, 0.2) is 47.7 Å². The number of amides is 2. The first kappa shape index (κ1) is 15.9. The van der Waals surface area contributed by atoms with Crippen LogP contribution in [0.5, 0.6) is 5.75 Å². The summed E-state index contributed by atoms with van der Waals surface area (Å²) in [6.07, 6.45) is 0. The monoisotopic (exact) mass is 326 g/mol. The highest BCUT2D eigenvalue weighted by Crippen LogP contribution is 2.38. The number of phenols is 1. The van der Waals surface area contributed by atoms with E-state index in [9.17, 15) is 14.7 Å². The third-order valence-electron chi connectivity index (χ3n) is 4.00. The number of urea groups is 1. The van der Waals surface area contributed by atoms with Gasteiger partial charge in [-0.25, -0.2) is 9.59 Å². The number of allylic oxidation sites excluding steroid dienone is 1. The fourth-order valence-electron chi connectivity index (χ4n) is 2.98. The number of hydrogen-bond donors (Lipinski definition) is 3. The average molecular weight is 326 g/mol. The van der Waals surface area contributed by atoms with Gasteiger partial charge in [0.15, 0.2) is 0 Å². The van der Waals surface area contributed by atoms with Crippen LogP contribution in [0.3, 0.4) is 0 Å². The summed E-state index contributed by atoms with van der Waals surface area (Å²) in [6, 6.07) is 9.61. The SMILES string of the molecule is CCOC(=O)C1=C(C)NC(=O)N[C@H]1c1c(O)ccc2ccccc12. The molecule has 3 rings (SSSR count). The molecule has 1 heterocycles. The third kappa shape index (κ3) is 2.67. The Morgan fingerprint density at radius 1 is 1.25 bits per heavy atom. The summed E-state index contributed by atoms with van der Waals surface area (Å²) in [6.45, 7) is 3.57. The first-order valence-corrected chi connectivity index (χ1v) is 7.69. The zero-order valence-electron chi connectivity index (χ0n) is 13.4. The largest absolute Gasteiger partial charge is 0.508 e. The van der Waals surface area contributed by atoms with Crippen molar-refractivity contribution in [3.63, 3.8) is 0 Å². The van der Waals surface area contributed by atoms with Crippen LogP contribution in [0, 0.1) is 0 Å². The molecule has 6 nitrogen and oxygen atoms in total. The molecule has 1 aliphatic rings. The second-order valence-corrected chi connectivity index (χ2v) is 5.51. The number of esters is 1. The van der Waals surface area contributed by atoms with E-state index in [1.807, 2.05) is 24.3 Å². The molecule has 1 atom stereocenters. The second kappa shape index (κ2) is 6.23. The maximum atomic E-state index is 12.4. The van der Waals surface area contributed by atoms with E-state index in [1.54, 1.807) is 26.0 Å². The highest BCUT2D eigenvalue weighted by molar-refractivity contribution is 5.98. The maximum absolute atomic E-state index is 12.4. The average Bonchev–Trinajstić information content (AvgIpc) is 2.54. The Labute approximate surface area is 139 Å². The fourth-order valence-corrected chi connectivity index (χ4v) is 2.98. The van der Waals surface area contributed by atoms with Gasteiger partial charge >= 0.3 is 12.0 Å². The fraction of sp³-hybridized carbons (Fsp3) is 0.222. The van der Waals surface area contributed by atoms with Crippen LogP contribution in [0.2, 0.25) is 0 Å². The summed E-state index contributed by atoms with van der Waals surface area (Å²) in [5.41, 5.74) is 1.17. The van der Waals surface area contributed by atoms with Crippen molar-refractivity contribution in [1.29, 1.82) is 0 Å². The molecule has 0 radical (unpaired) electrons. The maximum Gasteiger partial charge on any atom is 0.338 e. The highest BCUT2D eigenvalue weighted by Gasteiger charge is 2.34. The molecule has 0 spiro atoms. The van der Waals surface area contributed by atoms with Gasteiger partial charge in [0.2, 0.25) is 0 Å². The van der Waals surface area contributed by atoms with E-state index < -0.39 is 18.0 Å². The molecule has 2 aromatic carbocycles. The number of nitrogens with one attached hydrogen (secondary N) is 2. The van der Waals surface area contributed by atoms with Gasteiger partial charge in [0.05, 0.1) is 18.2 Å². The van der Waals surface area contributed by atoms with Crippen LogP contribution >= 0.6 is 0 Å². The lowest BCUT2D eigenvalue weighted by Gasteiger charge is -2.29. The molecule has 24 heavy (non-hydrogen) atoms. The van der Waals surface area contributed by atoms with Crippen molar-refractivity contribution >= 4 is 22.8 Å². The van der Waals surface area contributed by atoms with Gasteiger partial charge in [-0.15, -0.1) is 0 Å². The Morgan fingerprint density at radius 2 is 2.00 bits per heavy atom. The number of benzene rings is 2. The third-order valence-corrected chi connectivity index (χ3v) is 4.00. The van der Waals surface area contributed by atoms with Crippen molar-refractivity contribution in [3.8, 4) is 5.75 Å². The van der Waals surface area contributed by atoms with Crippen LogP contribution in [-0.4, -0.2) is 23.7 Å². The Kier molecular flexibility index (Phi) is 4.12. The van der Waals surface area contributed by atoms with Crippen LogP contribution in [-0.2, 0) is 9.53 Å². The minimum absolute atomic E-state index is 0.00972. The first-order valence-electron chi connectivity index (χ1n) is 7.69. The summed E-state index contributed by atoms with van der Waals surface area (Å²) >= 11 is 0. The lowest BCUT2D eigenvalue weighted by molar-refractivity contribution is -0.139. The molecule has 0 saturated heterocycles. The lowest BCUT2D eigenvalue weighted by atomic mass is 9.90. The van der Waals surface area contributed by atoms with E-state index in [0.29, 0.717) is 11.3 Å². The number of carbonyl (C=O) groups excluding carboxylic acids is 2. The van der Waals surface area contributed by atoms with Gasteiger partial charge in [-0.05, 0) is 30.7 Å². The molecule has 0 aromatic heterocycles. The van der Waals surface area contributed by atoms with Crippen LogP contribution in [0.1, 0.15) is 25.5 Å². The Bertz CT molecular complexity index is 857. The van der Waals surface area contributed by atoms with Crippen molar-refractivity contribution in [2.45, 2.75) is 19.9 Å². The van der Waals surface area contributed by atoms with E-state index in [0.717, 1.165) is 10.8 Å². The minimum atomic E-state index is -0.788. The van der Waals surface area contributed by atoms with Crippen molar-refractivity contribution in [2.75, 3.05) is 6.61 Å². The summed E-state index contributed by atoms with van der Waals surface area (Å²) in [5, 5.41) is 17.4. The number of hydrogen-bond acceptors (Lipinski definition) is 4. The van der Waals surface area contributed by atoms with Crippen molar-refractivity contribution < 1.29 is 19.4 Å². The van der Waals surface area contributed by atoms with Crippen LogP contribution < -0.4 is 10.6 Å². The number of fused-ring (bicyclic) bond motifs is 1. The minimum Gasteiger partial charge on any atom is -0.508 e. The predicted molar refractivity (Wildman–Crippen MR) is 89.4 cm³/mol. The van der Waals surface area contributed by atoms with Gasteiger partial charge < -0.3 is 20.5 Å². The molecular weight excluding hydrogens is 308 g/mol. The normalized spacial score (nSPS) is 17.4. The topological polar surface area (TPSA) is 87.7 Å². The number of rotatable bonds is 3. The number of carbonyl (C=O) groups is 2. The van der Waals surface area contributed by atoms with Gasteiger partial charge in [0, 0.05) is 11.3 Å². The molecule has 0 saturated carbocycles. The summed E-state index contributed by atoms with van der Waals surface area (Å²) in [5.74, 6) is -0.518. The zero-order chi connectivity index (χ0) is 17.3. The van der Waals surface area contributed by atoms with Gasteiger partial charge in [-0.3, -0.25) is 0 Å². The number of aromatic hydroxyl groups is 1. The molecule has 6 heteroatoms. The number of phenolic OH excluding ortho intramolecular Hbond substituents is 1. The summed E-state index contributed by atoms with van der Waals surface area (Å²) in [4.78, 5) is 24.3. The van der Waals surface area contributed by atoms with E-state index in [1.165, 1.54) is 0 Å². The quantitative estimate of drug-likeness (QED) is 0.757. The standard InChI is InChI=1S/C18H18N2O4/c1-3-24-17(22)14-10(2)19-18(23)20-16(14)15-12-7-5-4-6-11(12)8-9-13(15)21/h4-9,16,21H,3H2,1-2H3,(H2,19,20,23)/t16-/m1/s1. The molecule has 0 fully saturated rings. The lowest BCUT2D eigenvalue weighted by Crippen LogP contribution is -2.45. The molecule has 2 aromatic rings. The van der Waals surface area contributed by atoms with Crippen molar-refractivity contribution in [2.24, 2.45) is 0 Å². The van der Waals surface area contributed by atoms with Crippen LogP contribution in [0.25, 0.3) is 10.8 Å². The molecule has 2 amide bonds. The van der Waals surface area contributed by atoms with E-state index in [2.05, 4.69) is 10.6 Å². The van der Waals surface area contributed by atoms with Gasteiger partial charge in [0.1, 0.15) is 5.75 Å². The Hall–Kier alpha value is -3.02. The zero-order valence-corrected chi connectivity index (χ0v) is 13.4. The van der Waals surface area contributed by atoms with E-state index in [-0.39, 0.29) is 17.9 Å². The highest BCUT2D eigenvalue weighted by atomic mass is 16.5. The molecular formula is C18H18N2O4.